The number of esters is 1. The molecule has 132 valence electrons. The lowest BCUT2D eigenvalue weighted by atomic mass is 9.91. The maximum atomic E-state index is 12.5. The van der Waals surface area contributed by atoms with E-state index in [1.54, 1.807) is 42.5 Å². The normalized spacial score (nSPS) is 11.5. The van der Waals surface area contributed by atoms with Crippen LogP contribution >= 0.6 is 11.6 Å². The molecule has 6 heteroatoms. The molecular weight excluding hydrogens is 344 g/mol. The van der Waals surface area contributed by atoms with Crippen LogP contribution in [0.5, 0.6) is 11.5 Å². The zero-order chi connectivity index (χ0) is 18.4. The molecule has 25 heavy (non-hydrogen) atoms. The van der Waals surface area contributed by atoms with Gasteiger partial charge in [0.2, 0.25) is 0 Å². The number of methoxy groups -OCH3 is 3. The van der Waals surface area contributed by atoms with Crippen molar-refractivity contribution in [2.45, 2.75) is 12.3 Å². The second-order valence-corrected chi connectivity index (χ2v) is 5.76. The summed E-state index contributed by atoms with van der Waals surface area (Å²) in [5.41, 5.74) is 1.10. The lowest BCUT2D eigenvalue weighted by Gasteiger charge is -2.16. The number of hydrogen-bond donors (Lipinski definition) is 0. The van der Waals surface area contributed by atoms with E-state index in [1.807, 2.05) is 0 Å². The van der Waals surface area contributed by atoms with Crippen molar-refractivity contribution in [3.63, 3.8) is 0 Å². The summed E-state index contributed by atoms with van der Waals surface area (Å²) in [6, 6.07) is 11.6. The monoisotopic (exact) mass is 362 g/mol. The fraction of sp³-hybridized carbons (Fsp3) is 0.263. The molecule has 0 heterocycles. The minimum Gasteiger partial charge on any atom is -0.493 e. The number of carbonyl (C=O) groups is 2. The van der Waals surface area contributed by atoms with Crippen LogP contribution in [0.3, 0.4) is 0 Å². The number of hydrogen-bond acceptors (Lipinski definition) is 5. The summed E-state index contributed by atoms with van der Waals surface area (Å²) >= 11 is 5.84. The average Bonchev–Trinajstić information content (AvgIpc) is 2.65. The van der Waals surface area contributed by atoms with E-state index in [4.69, 9.17) is 25.8 Å². The molecule has 2 aromatic rings. The van der Waals surface area contributed by atoms with Crippen molar-refractivity contribution in [1.29, 1.82) is 0 Å². The van der Waals surface area contributed by atoms with Crippen molar-refractivity contribution < 1.29 is 23.8 Å². The fourth-order valence-electron chi connectivity index (χ4n) is 2.49. The molecule has 0 aromatic heterocycles. The Labute approximate surface area is 151 Å². The predicted octanol–water partition coefficient (Wildman–Crippen LogP) is 3.89. The van der Waals surface area contributed by atoms with Crippen LogP contribution in [0.2, 0.25) is 5.02 Å². The number of ether oxygens (including phenoxy) is 3. The zero-order valence-corrected chi connectivity index (χ0v) is 15.0. The molecule has 5 nitrogen and oxygen atoms in total. The van der Waals surface area contributed by atoms with E-state index in [9.17, 15) is 9.59 Å². The second-order valence-electron chi connectivity index (χ2n) is 5.32. The van der Waals surface area contributed by atoms with Gasteiger partial charge in [-0.05, 0) is 42.0 Å². The van der Waals surface area contributed by atoms with E-state index < -0.39 is 11.9 Å². The van der Waals surface area contributed by atoms with Gasteiger partial charge in [0.1, 0.15) is 0 Å². The van der Waals surface area contributed by atoms with Crippen LogP contribution in [0, 0.1) is 0 Å². The van der Waals surface area contributed by atoms with Gasteiger partial charge in [-0.15, -0.1) is 0 Å². The Bertz CT molecular complexity index is 755. The summed E-state index contributed by atoms with van der Waals surface area (Å²) in [7, 11) is 4.33. The van der Waals surface area contributed by atoms with Gasteiger partial charge in [0, 0.05) is 17.0 Å². The smallest absolute Gasteiger partial charge is 0.313 e. The van der Waals surface area contributed by atoms with Crippen molar-refractivity contribution in [2.75, 3.05) is 21.3 Å². The van der Waals surface area contributed by atoms with E-state index in [0.717, 1.165) is 0 Å². The molecule has 0 aliphatic carbocycles. The Balaban J connectivity index is 2.32. The Hall–Kier alpha value is -2.53. The number of carbonyl (C=O) groups excluding carboxylic acids is 2. The van der Waals surface area contributed by atoms with Gasteiger partial charge in [-0.2, -0.15) is 0 Å². The summed E-state index contributed by atoms with van der Waals surface area (Å²) < 4.78 is 15.3. The number of ketones is 1. The summed E-state index contributed by atoms with van der Waals surface area (Å²) in [6.07, 6.45) is -0.0240. The van der Waals surface area contributed by atoms with Crippen LogP contribution in [0.25, 0.3) is 0 Å². The molecule has 0 aliphatic heterocycles. The van der Waals surface area contributed by atoms with E-state index >= 15 is 0 Å². The molecule has 0 fully saturated rings. The van der Waals surface area contributed by atoms with Crippen LogP contribution in [-0.4, -0.2) is 33.1 Å². The van der Waals surface area contributed by atoms with Crippen LogP contribution in [0.15, 0.2) is 42.5 Å². The van der Waals surface area contributed by atoms with Gasteiger partial charge in [0.05, 0.1) is 27.2 Å². The third-order valence-electron chi connectivity index (χ3n) is 3.85. The molecule has 0 spiro atoms. The van der Waals surface area contributed by atoms with Crippen LogP contribution in [-0.2, 0) is 9.53 Å². The van der Waals surface area contributed by atoms with Crippen LogP contribution in [0.1, 0.15) is 28.3 Å². The molecule has 0 N–H and O–H groups in total. The molecule has 1 unspecified atom stereocenters. The van der Waals surface area contributed by atoms with Gasteiger partial charge in [-0.3, -0.25) is 9.59 Å². The van der Waals surface area contributed by atoms with Crippen LogP contribution in [0.4, 0.5) is 0 Å². The highest BCUT2D eigenvalue weighted by Crippen LogP contribution is 2.33. The first kappa shape index (κ1) is 18.8. The fourth-order valence-corrected chi connectivity index (χ4v) is 2.61. The summed E-state index contributed by atoms with van der Waals surface area (Å²) in [6.45, 7) is 0. The standard InChI is InChI=1S/C19H19ClO5/c1-23-17-9-6-13(10-18(17)24-2)15(19(22)25-3)11-16(21)12-4-7-14(20)8-5-12/h4-10,15H,11H2,1-3H3. The average molecular weight is 363 g/mol. The van der Waals surface area contributed by atoms with Gasteiger partial charge in [0.15, 0.2) is 17.3 Å². The van der Waals surface area contributed by atoms with E-state index in [1.165, 1.54) is 21.3 Å². The molecule has 2 aromatic carbocycles. The van der Waals surface area contributed by atoms with Gasteiger partial charge in [-0.25, -0.2) is 0 Å². The van der Waals surface area contributed by atoms with Crippen LogP contribution < -0.4 is 9.47 Å². The van der Waals surface area contributed by atoms with Crippen molar-refractivity contribution in [3.8, 4) is 11.5 Å². The molecule has 0 bridgehead atoms. The Morgan fingerprint density at radius 1 is 0.960 bits per heavy atom. The molecule has 0 saturated carbocycles. The zero-order valence-electron chi connectivity index (χ0n) is 14.2. The van der Waals surface area contributed by atoms with Gasteiger partial charge in [-0.1, -0.05) is 17.7 Å². The maximum absolute atomic E-state index is 12.5. The number of halogens is 1. The number of rotatable bonds is 7. The highest BCUT2D eigenvalue weighted by atomic mass is 35.5. The third-order valence-corrected chi connectivity index (χ3v) is 4.10. The highest BCUT2D eigenvalue weighted by molar-refractivity contribution is 6.30. The Morgan fingerprint density at radius 3 is 2.16 bits per heavy atom. The molecule has 0 aliphatic rings. The quantitative estimate of drug-likeness (QED) is 0.552. The van der Waals surface area contributed by atoms with Gasteiger partial charge in [0.25, 0.3) is 0 Å². The minimum absolute atomic E-state index is 0.0240. The first-order chi connectivity index (χ1) is 12.0. The van der Waals surface area contributed by atoms with Gasteiger partial charge < -0.3 is 14.2 Å². The highest BCUT2D eigenvalue weighted by Gasteiger charge is 2.26. The molecular formula is C19H19ClO5. The third kappa shape index (κ3) is 4.51. The minimum atomic E-state index is -0.743. The largest absolute Gasteiger partial charge is 0.493 e. The summed E-state index contributed by atoms with van der Waals surface area (Å²) in [4.78, 5) is 24.8. The van der Waals surface area contributed by atoms with Crippen molar-refractivity contribution in [1.82, 2.24) is 0 Å². The Kier molecular flexibility index (Phi) is 6.42. The first-order valence-corrected chi connectivity index (χ1v) is 7.96. The number of Topliss-reactive ketones (excluding diaryl/α,β-unsaturated/α-hetero) is 1. The van der Waals surface area contributed by atoms with E-state index in [-0.39, 0.29) is 12.2 Å². The van der Waals surface area contributed by atoms with Crippen molar-refractivity contribution >= 4 is 23.4 Å². The topological polar surface area (TPSA) is 61.8 Å². The van der Waals surface area contributed by atoms with Crippen molar-refractivity contribution in [3.05, 3.63) is 58.6 Å². The SMILES string of the molecule is COC(=O)C(CC(=O)c1ccc(Cl)cc1)c1ccc(OC)c(OC)c1. The number of benzene rings is 2. The van der Waals surface area contributed by atoms with Gasteiger partial charge >= 0.3 is 5.97 Å². The first-order valence-electron chi connectivity index (χ1n) is 7.58. The van der Waals surface area contributed by atoms with Crippen molar-refractivity contribution in [2.24, 2.45) is 0 Å². The maximum Gasteiger partial charge on any atom is 0.313 e. The second kappa shape index (κ2) is 8.53. The molecule has 0 saturated heterocycles. The molecule has 2 rings (SSSR count). The lowest BCUT2D eigenvalue weighted by molar-refractivity contribution is -0.142. The van der Waals surface area contributed by atoms with E-state index in [0.29, 0.717) is 27.6 Å². The summed E-state index contributed by atoms with van der Waals surface area (Å²) in [5, 5.41) is 0.543. The molecule has 0 amide bonds. The summed E-state index contributed by atoms with van der Waals surface area (Å²) in [5.74, 6) is -0.392. The Morgan fingerprint density at radius 2 is 1.60 bits per heavy atom. The van der Waals surface area contributed by atoms with E-state index in [2.05, 4.69) is 0 Å². The molecule has 0 radical (unpaired) electrons. The lowest BCUT2D eigenvalue weighted by Crippen LogP contribution is -2.18. The predicted molar refractivity (Wildman–Crippen MR) is 94.7 cm³/mol. The molecule has 1 atom stereocenters.